The second kappa shape index (κ2) is 8.04. The summed E-state index contributed by atoms with van der Waals surface area (Å²) in [5.41, 5.74) is 4.83. The van der Waals surface area contributed by atoms with Crippen molar-refractivity contribution in [3.05, 3.63) is 105 Å². The first-order chi connectivity index (χ1) is 16.1. The smallest absolute Gasteiger partial charge is 0.227 e. The van der Waals surface area contributed by atoms with E-state index >= 15 is 0 Å². The lowest BCUT2D eigenvalue weighted by Gasteiger charge is -2.39. The van der Waals surface area contributed by atoms with Crippen molar-refractivity contribution >= 4 is 39.3 Å². The van der Waals surface area contributed by atoms with E-state index in [1.807, 2.05) is 47.3 Å². The van der Waals surface area contributed by atoms with Crippen LogP contribution in [-0.2, 0) is 0 Å². The number of aromatic nitrogens is 3. The van der Waals surface area contributed by atoms with Crippen LogP contribution >= 0.6 is 27.7 Å². The highest BCUT2D eigenvalue weighted by atomic mass is 79.9. The molecule has 0 radical (unpaired) electrons. The zero-order chi connectivity index (χ0) is 22.5. The van der Waals surface area contributed by atoms with Crippen LogP contribution in [-0.4, -0.2) is 21.0 Å². The number of ether oxygens (including phenoxy) is 1. The topological polar surface area (TPSA) is 52.0 Å². The summed E-state index contributed by atoms with van der Waals surface area (Å²) in [4.78, 5) is 4.69. The predicted octanol–water partition coefficient (Wildman–Crippen LogP) is 6.46. The molecule has 3 aromatic carbocycles. The molecule has 6 rings (SSSR count). The standard InChI is InChI=1S/C25H18BrFN4OS/c1-33-25-29-24-28-21-18-7-2-3-8-19(18)32-23(15-5-4-6-16(26)13-15)20(21)22(31(24)30-25)14-9-11-17(27)12-10-14/h2-13,22-23H,1H3,(H,28,29,30)/t22-,23-/m1/s1. The Bertz CT molecular complexity index is 1400. The molecule has 2 aliphatic rings. The van der Waals surface area contributed by atoms with Gasteiger partial charge in [0.15, 0.2) is 0 Å². The molecule has 2 aliphatic heterocycles. The molecule has 5 nitrogen and oxygen atoms in total. The van der Waals surface area contributed by atoms with Crippen molar-refractivity contribution in [2.45, 2.75) is 17.3 Å². The second-order valence-electron chi connectivity index (χ2n) is 7.83. The highest BCUT2D eigenvalue weighted by molar-refractivity contribution is 9.10. The fraction of sp³-hybridized carbons (Fsp3) is 0.120. The lowest BCUT2D eigenvalue weighted by Crippen LogP contribution is -2.32. The molecule has 0 spiro atoms. The maximum absolute atomic E-state index is 13.8. The molecule has 2 atom stereocenters. The minimum atomic E-state index is -0.370. The minimum absolute atomic E-state index is 0.278. The zero-order valence-corrected chi connectivity index (χ0v) is 19.9. The van der Waals surface area contributed by atoms with E-state index in [9.17, 15) is 4.39 Å². The van der Waals surface area contributed by atoms with Crippen LogP contribution in [0.5, 0.6) is 5.75 Å². The minimum Gasteiger partial charge on any atom is -0.480 e. The summed E-state index contributed by atoms with van der Waals surface area (Å²) < 4.78 is 23.3. The Balaban J connectivity index is 1.64. The van der Waals surface area contributed by atoms with Crippen molar-refractivity contribution in [1.29, 1.82) is 0 Å². The van der Waals surface area contributed by atoms with Crippen molar-refractivity contribution in [3.8, 4) is 5.75 Å². The predicted molar refractivity (Wildman–Crippen MR) is 131 cm³/mol. The quantitative estimate of drug-likeness (QED) is 0.314. The molecule has 1 N–H and O–H groups in total. The van der Waals surface area contributed by atoms with Gasteiger partial charge >= 0.3 is 0 Å². The van der Waals surface area contributed by atoms with Crippen LogP contribution < -0.4 is 10.1 Å². The molecule has 4 aromatic rings. The molecule has 1 aromatic heterocycles. The maximum atomic E-state index is 13.8. The molecule has 0 saturated carbocycles. The molecular weight excluding hydrogens is 503 g/mol. The number of nitrogens with zero attached hydrogens (tertiary/aromatic N) is 3. The molecule has 0 amide bonds. The normalized spacial score (nSPS) is 18.6. The molecule has 0 bridgehead atoms. The number of fused-ring (bicyclic) bond motifs is 3. The van der Waals surface area contributed by atoms with Crippen molar-refractivity contribution < 1.29 is 9.13 Å². The molecule has 3 heterocycles. The van der Waals surface area contributed by atoms with Crippen LogP contribution in [0.25, 0.3) is 5.70 Å². The van der Waals surface area contributed by atoms with Crippen LogP contribution in [0.2, 0.25) is 0 Å². The fourth-order valence-electron chi connectivity index (χ4n) is 4.45. The molecular formula is C25H18BrFN4OS. The number of anilines is 1. The third-order valence-electron chi connectivity index (χ3n) is 5.88. The largest absolute Gasteiger partial charge is 0.480 e. The van der Waals surface area contributed by atoms with Gasteiger partial charge in [-0.25, -0.2) is 9.07 Å². The van der Waals surface area contributed by atoms with Crippen LogP contribution in [0, 0.1) is 5.82 Å². The lowest BCUT2D eigenvalue weighted by molar-refractivity contribution is 0.223. The van der Waals surface area contributed by atoms with E-state index in [-0.39, 0.29) is 18.0 Å². The highest BCUT2D eigenvalue weighted by Crippen LogP contribution is 2.51. The Morgan fingerprint density at radius 2 is 1.85 bits per heavy atom. The van der Waals surface area contributed by atoms with E-state index in [0.717, 1.165) is 38.2 Å². The summed E-state index contributed by atoms with van der Waals surface area (Å²) in [6.45, 7) is 0. The third kappa shape index (κ3) is 3.45. The van der Waals surface area contributed by atoms with Gasteiger partial charge in [0.05, 0.1) is 5.70 Å². The van der Waals surface area contributed by atoms with E-state index < -0.39 is 0 Å². The number of thioether (sulfide) groups is 1. The average molecular weight is 521 g/mol. The number of hydrogen-bond donors (Lipinski definition) is 1. The number of rotatable bonds is 3. The van der Waals surface area contributed by atoms with E-state index in [2.05, 4.69) is 38.4 Å². The summed E-state index contributed by atoms with van der Waals surface area (Å²) in [5.74, 6) is 1.17. The Kier molecular flexibility index (Phi) is 4.99. The van der Waals surface area contributed by atoms with Gasteiger partial charge in [-0.1, -0.05) is 64.1 Å². The van der Waals surface area contributed by atoms with E-state index in [0.29, 0.717) is 11.1 Å². The Morgan fingerprint density at radius 1 is 1.03 bits per heavy atom. The van der Waals surface area contributed by atoms with Crippen molar-refractivity contribution in [3.63, 3.8) is 0 Å². The zero-order valence-electron chi connectivity index (χ0n) is 17.5. The Morgan fingerprint density at radius 3 is 2.64 bits per heavy atom. The first-order valence-corrected chi connectivity index (χ1v) is 12.4. The average Bonchev–Trinajstić information content (AvgIpc) is 3.26. The maximum Gasteiger partial charge on any atom is 0.227 e. The van der Waals surface area contributed by atoms with Gasteiger partial charge in [0.25, 0.3) is 0 Å². The van der Waals surface area contributed by atoms with Gasteiger partial charge in [0.1, 0.15) is 23.7 Å². The molecule has 33 heavy (non-hydrogen) atoms. The molecule has 0 fully saturated rings. The Labute approximate surface area is 202 Å². The number of benzene rings is 3. The summed E-state index contributed by atoms with van der Waals surface area (Å²) >= 11 is 5.08. The molecule has 164 valence electrons. The summed E-state index contributed by atoms with van der Waals surface area (Å²) in [6, 6.07) is 22.3. The SMILES string of the molecule is CSc1nc2n(n1)[C@H](c1ccc(F)cc1)C1=C(N2)c2ccccc2O[C@@H]1c1cccc(Br)c1. The number of hydrogen-bond acceptors (Lipinski definition) is 5. The Hall–Kier alpha value is -3.10. The lowest BCUT2D eigenvalue weighted by atomic mass is 9.84. The van der Waals surface area contributed by atoms with Crippen molar-refractivity contribution in [1.82, 2.24) is 14.8 Å². The van der Waals surface area contributed by atoms with Gasteiger partial charge in [-0.05, 0) is 53.8 Å². The molecule has 0 aliphatic carbocycles. The van der Waals surface area contributed by atoms with Crippen molar-refractivity contribution in [2.24, 2.45) is 0 Å². The van der Waals surface area contributed by atoms with E-state index in [4.69, 9.17) is 9.84 Å². The van der Waals surface area contributed by atoms with Crippen molar-refractivity contribution in [2.75, 3.05) is 11.6 Å². The van der Waals surface area contributed by atoms with E-state index in [1.54, 1.807) is 12.1 Å². The number of para-hydroxylation sites is 1. The van der Waals surface area contributed by atoms with Crippen LogP contribution in [0.4, 0.5) is 10.3 Å². The van der Waals surface area contributed by atoms with Gasteiger partial charge in [-0.3, -0.25) is 0 Å². The number of halogens is 2. The van der Waals surface area contributed by atoms with Gasteiger partial charge in [-0.15, -0.1) is 5.10 Å². The van der Waals surface area contributed by atoms with Gasteiger partial charge < -0.3 is 10.1 Å². The number of nitrogens with one attached hydrogen (secondary N) is 1. The second-order valence-corrected chi connectivity index (χ2v) is 9.51. The third-order valence-corrected chi connectivity index (χ3v) is 6.91. The van der Waals surface area contributed by atoms with Crippen LogP contribution in [0.3, 0.4) is 0 Å². The van der Waals surface area contributed by atoms with Gasteiger partial charge in [0.2, 0.25) is 11.1 Å². The van der Waals surface area contributed by atoms with Gasteiger partial charge in [0, 0.05) is 15.6 Å². The summed E-state index contributed by atoms with van der Waals surface area (Å²) in [6.07, 6.45) is 1.58. The summed E-state index contributed by atoms with van der Waals surface area (Å²) in [5, 5.41) is 8.95. The highest BCUT2D eigenvalue weighted by Gasteiger charge is 2.41. The summed E-state index contributed by atoms with van der Waals surface area (Å²) in [7, 11) is 0. The van der Waals surface area contributed by atoms with Crippen LogP contribution in [0.1, 0.15) is 28.8 Å². The molecule has 0 saturated heterocycles. The first kappa shape index (κ1) is 20.5. The van der Waals surface area contributed by atoms with Crippen LogP contribution in [0.15, 0.2) is 88.0 Å². The monoisotopic (exact) mass is 520 g/mol. The molecule has 8 heteroatoms. The van der Waals surface area contributed by atoms with E-state index in [1.165, 1.54) is 23.9 Å². The fourth-order valence-corrected chi connectivity index (χ4v) is 5.22. The first-order valence-electron chi connectivity index (χ1n) is 10.4. The van der Waals surface area contributed by atoms with Gasteiger partial charge in [-0.2, -0.15) is 4.98 Å². The molecule has 0 unspecified atom stereocenters.